The minimum Gasteiger partial charge on any atom is -0.325 e. The summed E-state index contributed by atoms with van der Waals surface area (Å²) in [5, 5.41) is 11.7. The summed E-state index contributed by atoms with van der Waals surface area (Å²) in [6.07, 6.45) is 4.13. The molecule has 2 N–H and O–H groups in total. The van der Waals surface area contributed by atoms with Crippen molar-refractivity contribution in [3.8, 4) is 0 Å². The molecule has 1 aromatic rings. The van der Waals surface area contributed by atoms with Crippen molar-refractivity contribution in [3.05, 3.63) is 5.82 Å². The largest absolute Gasteiger partial charge is 0.325 e. The summed E-state index contributed by atoms with van der Waals surface area (Å²) in [5.41, 5.74) is 6.01. The molecule has 1 saturated carbocycles. The third-order valence-electron chi connectivity index (χ3n) is 2.29. The fourth-order valence-corrected chi connectivity index (χ4v) is 1.19. The van der Waals surface area contributed by atoms with E-state index in [-0.39, 0.29) is 5.54 Å². The maximum atomic E-state index is 5.92. The molecule has 5 heteroatoms. The van der Waals surface area contributed by atoms with Gasteiger partial charge in [0.15, 0.2) is 5.82 Å². The molecule has 1 fully saturated rings. The van der Waals surface area contributed by atoms with Crippen molar-refractivity contribution in [1.29, 1.82) is 0 Å². The van der Waals surface area contributed by atoms with Crippen molar-refractivity contribution in [2.75, 3.05) is 0 Å². The Morgan fingerprint density at radius 2 is 2.33 bits per heavy atom. The minimum atomic E-state index is 0.0964. The number of tetrazole rings is 1. The van der Waals surface area contributed by atoms with Crippen LogP contribution >= 0.6 is 0 Å². The predicted octanol–water partition coefficient (Wildman–Crippen LogP) is -0.366. The van der Waals surface area contributed by atoms with Crippen LogP contribution in [0.2, 0.25) is 0 Å². The zero-order valence-electron chi connectivity index (χ0n) is 7.19. The molecule has 12 heavy (non-hydrogen) atoms. The summed E-state index contributed by atoms with van der Waals surface area (Å²) < 4.78 is 0. The second-order valence-electron chi connectivity index (χ2n) is 3.56. The summed E-state index contributed by atoms with van der Waals surface area (Å²) in [4.78, 5) is 1.48. The molecule has 0 atom stereocenters. The van der Waals surface area contributed by atoms with Crippen molar-refractivity contribution >= 4 is 0 Å². The lowest BCUT2D eigenvalue weighted by atomic mass is 10.1. The molecule has 66 valence electrons. The van der Waals surface area contributed by atoms with Crippen LogP contribution in [0.1, 0.15) is 25.1 Å². The Morgan fingerprint density at radius 3 is 2.83 bits per heavy atom. The Hall–Kier alpha value is -0.970. The van der Waals surface area contributed by atoms with Crippen LogP contribution in [0.5, 0.6) is 0 Å². The van der Waals surface area contributed by atoms with Gasteiger partial charge in [-0.05, 0) is 24.5 Å². The van der Waals surface area contributed by atoms with Crippen LogP contribution in [0.4, 0.5) is 0 Å². The Bertz CT molecular complexity index is 275. The fraction of sp³-hybridized carbons (Fsp3) is 0.857. The van der Waals surface area contributed by atoms with E-state index >= 15 is 0 Å². The van der Waals surface area contributed by atoms with E-state index in [2.05, 4.69) is 15.4 Å². The van der Waals surface area contributed by atoms with Crippen molar-refractivity contribution < 1.29 is 0 Å². The second kappa shape index (κ2) is 2.52. The number of aryl methyl sites for hydroxylation is 2. The summed E-state index contributed by atoms with van der Waals surface area (Å²) in [7, 11) is 1.77. The average molecular weight is 167 g/mol. The molecule has 0 bridgehead atoms. The van der Waals surface area contributed by atoms with Crippen molar-refractivity contribution in [3.63, 3.8) is 0 Å². The van der Waals surface area contributed by atoms with E-state index in [9.17, 15) is 0 Å². The van der Waals surface area contributed by atoms with E-state index < -0.39 is 0 Å². The van der Waals surface area contributed by atoms with E-state index in [1.165, 1.54) is 4.80 Å². The van der Waals surface area contributed by atoms with Gasteiger partial charge in [-0.3, -0.25) is 0 Å². The van der Waals surface area contributed by atoms with Crippen molar-refractivity contribution in [2.45, 2.75) is 31.2 Å². The first-order chi connectivity index (χ1) is 5.68. The zero-order chi connectivity index (χ0) is 8.60. The van der Waals surface area contributed by atoms with E-state index in [0.717, 1.165) is 31.5 Å². The van der Waals surface area contributed by atoms with E-state index in [0.29, 0.717) is 0 Å². The van der Waals surface area contributed by atoms with Crippen LogP contribution in [-0.4, -0.2) is 25.7 Å². The van der Waals surface area contributed by atoms with Gasteiger partial charge in [-0.15, -0.1) is 10.2 Å². The predicted molar refractivity (Wildman–Crippen MR) is 43.3 cm³/mol. The summed E-state index contributed by atoms with van der Waals surface area (Å²) >= 11 is 0. The molecule has 5 nitrogen and oxygen atoms in total. The summed E-state index contributed by atoms with van der Waals surface area (Å²) in [6.45, 7) is 0. The highest BCUT2D eigenvalue weighted by atomic mass is 15.6. The van der Waals surface area contributed by atoms with Gasteiger partial charge in [0, 0.05) is 12.0 Å². The number of rotatable bonds is 3. The third kappa shape index (κ3) is 1.61. The highest BCUT2D eigenvalue weighted by Crippen LogP contribution is 2.36. The average Bonchev–Trinajstić information content (AvgIpc) is 2.60. The number of hydrogen-bond donors (Lipinski definition) is 1. The number of aromatic nitrogens is 4. The molecular weight excluding hydrogens is 154 g/mol. The van der Waals surface area contributed by atoms with Gasteiger partial charge in [0.05, 0.1) is 7.05 Å². The van der Waals surface area contributed by atoms with Crippen LogP contribution in [0.15, 0.2) is 0 Å². The van der Waals surface area contributed by atoms with Gasteiger partial charge in [0.2, 0.25) is 0 Å². The van der Waals surface area contributed by atoms with Crippen LogP contribution in [0, 0.1) is 0 Å². The topological polar surface area (TPSA) is 69.6 Å². The van der Waals surface area contributed by atoms with Crippen LogP contribution in [0.3, 0.4) is 0 Å². The Balaban J connectivity index is 1.87. The van der Waals surface area contributed by atoms with Crippen LogP contribution < -0.4 is 5.73 Å². The first-order valence-corrected chi connectivity index (χ1v) is 4.20. The second-order valence-corrected chi connectivity index (χ2v) is 3.56. The zero-order valence-corrected chi connectivity index (χ0v) is 7.19. The van der Waals surface area contributed by atoms with E-state index in [1.54, 1.807) is 7.05 Å². The fourth-order valence-electron chi connectivity index (χ4n) is 1.19. The van der Waals surface area contributed by atoms with Crippen molar-refractivity contribution in [1.82, 2.24) is 20.2 Å². The molecule has 1 aliphatic rings. The molecular formula is C7H13N5. The van der Waals surface area contributed by atoms with Gasteiger partial charge in [-0.1, -0.05) is 0 Å². The number of hydrogen-bond acceptors (Lipinski definition) is 4. The first kappa shape index (κ1) is 7.67. The van der Waals surface area contributed by atoms with Gasteiger partial charge < -0.3 is 5.73 Å². The van der Waals surface area contributed by atoms with Gasteiger partial charge in [0.1, 0.15) is 0 Å². The lowest BCUT2D eigenvalue weighted by molar-refractivity contribution is 0.590. The van der Waals surface area contributed by atoms with Gasteiger partial charge in [0.25, 0.3) is 0 Å². The molecule has 1 heterocycles. The maximum Gasteiger partial charge on any atom is 0.174 e. The van der Waals surface area contributed by atoms with Gasteiger partial charge in [-0.25, -0.2) is 0 Å². The quantitative estimate of drug-likeness (QED) is 0.667. The Labute approximate surface area is 70.9 Å². The van der Waals surface area contributed by atoms with E-state index in [1.807, 2.05) is 0 Å². The molecule has 0 saturated heterocycles. The molecule has 0 radical (unpaired) electrons. The van der Waals surface area contributed by atoms with Crippen molar-refractivity contribution in [2.24, 2.45) is 12.8 Å². The Morgan fingerprint density at radius 1 is 1.58 bits per heavy atom. The highest BCUT2D eigenvalue weighted by Gasteiger charge is 2.37. The molecule has 1 aromatic heterocycles. The maximum absolute atomic E-state index is 5.92. The molecule has 0 unspecified atom stereocenters. The smallest absolute Gasteiger partial charge is 0.174 e. The molecule has 0 aliphatic heterocycles. The van der Waals surface area contributed by atoms with Gasteiger partial charge >= 0.3 is 0 Å². The summed E-state index contributed by atoms with van der Waals surface area (Å²) in [5.74, 6) is 0.800. The van der Waals surface area contributed by atoms with Gasteiger partial charge in [-0.2, -0.15) is 4.80 Å². The highest BCUT2D eigenvalue weighted by molar-refractivity contribution is 5.00. The number of nitrogens with two attached hydrogens (primary N) is 1. The monoisotopic (exact) mass is 167 g/mol. The SMILES string of the molecule is Cn1nnc(CCC2(N)CC2)n1. The lowest BCUT2D eigenvalue weighted by Crippen LogP contribution is -2.22. The van der Waals surface area contributed by atoms with Crippen LogP contribution in [0.25, 0.3) is 0 Å². The molecule has 1 aliphatic carbocycles. The van der Waals surface area contributed by atoms with Crippen LogP contribution in [-0.2, 0) is 13.5 Å². The normalized spacial score (nSPS) is 19.5. The molecule has 2 rings (SSSR count). The Kier molecular flexibility index (Phi) is 1.61. The summed E-state index contributed by atoms with van der Waals surface area (Å²) in [6, 6.07) is 0. The van der Waals surface area contributed by atoms with E-state index in [4.69, 9.17) is 5.73 Å². The standard InChI is InChI=1S/C7H13N5/c1-12-10-6(9-11-12)2-3-7(8)4-5-7/h2-5,8H2,1H3. The lowest BCUT2D eigenvalue weighted by Gasteiger charge is -2.03. The molecule has 0 aromatic carbocycles. The molecule has 0 spiro atoms. The first-order valence-electron chi connectivity index (χ1n) is 4.20. The third-order valence-corrected chi connectivity index (χ3v) is 2.29. The number of nitrogens with zero attached hydrogens (tertiary/aromatic N) is 4. The molecule has 0 amide bonds. The minimum absolute atomic E-state index is 0.0964.